The largest absolute Gasteiger partial charge is 0.508 e. The highest BCUT2D eigenvalue weighted by Gasteiger charge is 2.04. The third-order valence-corrected chi connectivity index (χ3v) is 3.62. The van der Waals surface area contributed by atoms with E-state index in [1.54, 1.807) is 0 Å². The standard InChI is InChI=1S/C18H26O/c1-5-8-16(6-2)17(7-3)12-11-15-10-9-14(4)18(19)13-15/h5,8-10,13,19H,6-7,11-12H2,1-4H3/b8-5+,17-16+. The number of phenols is 1. The first-order valence-electron chi connectivity index (χ1n) is 7.24. The van der Waals surface area contributed by atoms with E-state index in [0.29, 0.717) is 5.75 Å². The maximum atomic E-state index is 9.74. The van der Waals surface area contributed by atoms with Gasteiger partial charge in [-0.1, -0.05) is 43.7 Å². The molecule has 1 nitrogen and oxygen atoms in total. The fourth-order valence-corrected chi connectivity index (χ4v) is 2.36. The summed E-state index contributed by atoms with van der Waals surface area (Å²) in [6.45, 7) is 8.43. The van der Waals surface area contributed by atoms with Gasteiger partial charge in [-0.3, -0.25) is 0 Å². The van der Waals surface area contributed by atoms with Crippen molar-refractivity contribution in [1.29, 1.82) is 0 Å². The monoisotopic (exact) mass is 258 g/mol. The van der Waals surface area contributed by atoms with Crippen LogP contribution in [0, 0.1) is 6.92 Å². The van der Waals surface area contributed by atoms with E-state index in [2.05, 4.69) is 39.0 Å². The Morgan fingerprint density at radius 2 is 1.95 bits per heavy atom. The number of hydrogen-bond donors (Lipinski definition) is 1. The lowest BCUT2D eigenvalue weighted by Gasteiger charge is -2.11. The summed E-state index contributed by atoms with van der Waals surface area (Å²) in [5, 5.41) is 9.74. The quantitative estimate of drug-likeness (QED) is 0.684. The Kier molecular flexibility index (Phi) is 6.41. The minimum atomic E-state index is 0.406. The highest BCUT2D eigenvalue weighted by atomic mass is 16.3. The van der Waals surface area contributed by atoms with Crippen LogP contribution in [0.5, 0.6) is 5.75 Å². The van der Waals surface area contributed by atoms with Gasteiger partial charge in [0.05, 0.1) is 0 Å². The van der Waals surface area contributed by atoms with Crippen LogP contribution in [0.15, 0.2) is 41.5 Å². The van der Waals surface area contributed by atoms with Crippen molar-refractivity contribution in [3.05, 3.63) is 52.6 Å². The summed E-state index contributed by atoms with van der Waals surface area (Å²) in [5.74, 6) is 0.406. The van der Waals surface area contributed by atoms with E-state index < -0.39 is 0 Å². The molecule has 1 rings (SSSR count). The van der Waals surface area contributed by atoms with Crippen molar-refractivity contribution in [3.63, 3.8) is 0 Å². The fourth-order valence-electron chi connectivity index (χ4n) is 2.36. The molecule has 0 unspecified atom stereocenters. The van der Waals surface area contributed by atoms with Crippen LogP contribution < -0.4 is 0 Å². The zero-order valence-corrected chi connectivity index (χ0v) is 12.7. The molecule has 19 heavy (non-hydrogen) atoms. The molecule has 0 saturated heterocycles. The van der Waals surface area contributed by atoms with Crippen molar-refractivity contribution in [2.75, 3.05) is 0 Å². The molecular weight excluding hydrogens is 232 g/mol. The molecule has 0 amide bonds. The average Bonchev–Trinajstić information content (AvgIpc) is 2.42. The van der Waals surface area contributed by atoms with E-state index in [-0.39, 0.29) is 0 Å². The lowest BCUT2D eigenvalue weighted by atomic mass is 9.96. The summed E-state index contributed by atoms with van der Waals surface area (Å²) in [7, 11) is 0. The number of benzene rings is 1. The summed E-state index contributed by atoms with van der Waals surface area (Å²) in [6, 6.07) is 6.00. The molecule has 0 aliphatic heterocycles. The van der Waals surface area contributed by atoms with Gasteiger partial charge in [-0.15, -0.1) is 0 Å². The summed E-state index contributed by atoms with van der Waals surface area (Å²) < 4.78 is 0. The van der Waals surface area contributed by atoms with Crippen LogP contribution in [-0.4, -0.2) is 5.11 Å². The Morgan fingerprint density at radius 1 is 1.21 bits per heavy atom. The molecule has 1 aromatic carbocycles. The zero-order chi connectivity index (χ0) is 14.3. The second-order valence-corrected chi connectivity index (χ2v) is 4.96. The Labute approximate surface area is 117 Å². The summed E-state index contributed by atoms with van der Waals surface area (Å²) in [4.78, 5) is 0. The first kappa shape index (κ1) is 15.6. The lowest BCUT2D eigenvalue weighted by molar-refractivity contribution is 0.470. The van der Waals surface area contributed by atoms with Crippen LogP contribution in [0.25, 0.3) is 0 Å². The summed E-state index contributed by atoms with van der Waals surface area (Å²) >= 11 is 0. The van der Waals surface area contributed by atoms with Crippen LogP contribution in [0.4, 0.5) is 0 Å². The Balaban J connectivity index is 2.80. The van der Waals surface area contributed by atoms with Gasteiger partial charge in [-0.2, -0.15) is 0 Å². The molecule has 0 spiro atoms. The van der Waals surface area contributed by atoms with Gasteiger partial charge in [0.2, 0.25) is 0 Å². The number of phenolic OH excluding ortho intramolecular Hbond substituents is 1. The maximum Gasteiger partial charge on any atom is 0.118 e. The van der Waals surface area contributed by atoms with Gasteiger partial charge in [0.25, 0.3) is 0 Å². The molecular formula is C18H26O. The predicted molar refractivity (Wildman–Crippen MR) is 83.6 cm³/mol. The van der Waals surface area contributed by atoms with Crippen molar-refractivity contribution in [1.82, 2.24) is 0 Å². The smallest absolute Gasteiger partial charge is 0.118 e. The van der Waals surface area contributed by atoms with E-state index in [4.69, 9.17) is 0 Å². The lowest BCUT2D eigenvalue weighted by Crippen LogP contribution is -1.93. The third-order valence-electron chi connectivity index (χ3n) is 3.62. The molecule has 0 aromatic heterocycles. The van der Waals surface area contributed by atoms with E-state index >= 15 is 0 Å². The molecule has 0 aliphatic carbocycles. The SMILES string of the molecule is C/C=C/C(CC)=C(\CC)CCc1ccc(C)c(O)c1. The molecule has 0 heterocycles. The van der Waals surface area contributed by atoms with Crippen molar-refractivity contribution in [2.45, 2.75) is 53.4 Å². The molecule has 0 aliphatic rings. The molecule has 1 aromatic rings. The van der Waals surface area contributed by atoms with Crippen molar-refractivity contribution < 1.29 is 5.11 Å². The number of aryl methyl sites for hydroxylation is 2. The normalized spacial score (nSPS) is 12.8. The molecule has 0 atom stereocenters. The van der Waals surface area contributed by atoms with Crippen LogP contribution >= 0.6 is 0 Å². The minimum Gasteiger partial charge on any atom is -0.508 e. The van der Waals surface area contributed by atoms with Gasteiger partial charge in [0.15, 0.2) is 0 Å². The number of rotatable bonds is 6. The van der Waals surface area contributed by atoms with Crippen molar-refractivity contribution >= 4 is 0 Å². The molecule has 0 saturated carbocycles. The zero-order valence-electron chi connectivity index (χ0n) is 12.7. The van der Waals surface area contributed by atoms with Gasteiger partial charge in [-0.25, -0.2) is 0 Å². The van der Waals surface area contributed by atoms with Gasteiger partial charge in [-0.05, 0) is 62.3 Å². The molecule has 0 bridgehead atoms. The van der Waals surface area contributed by atoms with E-state index in [0.717, 1.165) is 31.2 Å². The summed E-state index contributed by atoms with van der Waals surface area (Å²) in [5.41, 5.74) is 5.14. The Morgan fingerprint density at radius 3 is 2.47 bits per heavy atom. The van der Waals surface area contributed by atoms with Gasteiger partial charge in [0.1, 0.15) is 5.75 Å². The second kappa shape index (κ2) is 7.83. The van der Waals surface area contributed by atoms with Crippen LogP contribution in [0.1, 0.15) is 51.2 Å². The molecule has 1 N–H and O–H groups in total. The predicted octanol–water partition coefficient (Wildman–Crippen LogP) is 5.33. The molecule has 0 radical (unpaired) electrons. The topological polar surface area (TPSA) is 20.2 Å². The van der Waals surface area contributed by atoms with Crippen molar-refractivity contribution in [3.8, 4) is 5.75 Å². The minimum absolute atomic E-state index is 0.406. The van der Waals surface area contributed by atoms with Crippen molar-refractivity contribution in [2.24, 2.45) is 0 Å². The van der Waals surface area contributed by atoms with Crippen LogP contribution in [0.3, 0.4) is 0 Å². The summed E-state index contributed by atoms with van der Waals surface area (Å²) in [6.07, 6.45) is 8.61. The van der Waals surface area contributed by atoms with Gasteiger partial charge < -0.3 is 5.11 Å². The Hall–Kier alpha value is -1.50. The van der Waals surface area contributed by atoms with E-state index in [1.165, 1.54) is 16.7 Å². The highest BCUT2D eigenvalue weighted by molar-refractivity contribution is 5.36. The number of aromatic hydroxyl groups is 1. The first-order valence-corrected chi connectivity index (χ1v) is 7.24. The third kappa shape index (κ3) is 4.59. The maximum absolute atomic E-state index is 9.74. The molecule has 0 fully saturated rings. The number of allylic oxidation sites excluding steroid dienone is 4. The molecule has 1 heteroatoms. The second-order valence-electron chi connectivity index (χ2n) is 4.96. The first-order chi connectivity index (χ1) is 9.12. The van der Waals surface area contributed by atoms with Crippen LogP contribution in [-0.2, 0) is 6.42 Å². The average molecular weight is 258 g/mol. The fraction of sp³-hybridized carbons (Fsp3) is 0.444. The Bertz CT molecular complexity index is 467. The highest BCUT2D eigenvalue weighted by Crippen LogP contribution is 2.23. The van der Waals surface area contributed by atoms with Gasteiger partial charge in [0, 0.05) is 0 Å². The van der Waals surface area contributed by atoms with E-state index in [1.807, 2.05) is 19.1 Å². The number of hydrogen-bond acceptors (Lipinski definition) is 1. The molecule has 104 valence electrons. The van der Waals surface area contributed by atoms with Gasteiger partial charge >= 0.3 is 0 Å². The van der Waals surface area contributed by atoms with Crippen LogP contribution in [0.2, 0.25) is 0 Å². The van der Waals surface area contributed by atoms with E-state index in [9.17, 15) is 5.11 Å².